The van der Waals surface area contributed by atoms with Gasteiger partial charge in [0.05, 0.1) is 21.5 Å². The maximum absolute atomic E-state index is 12.6. The van der Waals surface area contributed by atoms with Crippen molar-refractivity contribution in [3.63, 3.8) is 0 Å². The molecule has 0 aliphatic heterocycles. The van der Waals surface area contributed by atoms with Crippen LogP contribution in [0.5, 0.6) is 0 Å². The summed E-state index contributed by atoms with van der Waals surface area (Å²) >= 11 is 12.1. The third-order valence-corrected chi connectivity index (χ3v) is 4.56. The van der Waals surface area contributed by atoms with Crippen LogP contribution in [-0.2, 0) is 4.79 Å². The molecule has 0 aliphatic rings. The Hall–Kier alpha value is -2.30. The molecule has 4 nitrogen and oxygen atoms in total. The molecule has 0 spiro atoms. The molecule has 0 saturated heterocycles. The summed E-state index contributed by atoms with van der Waals surface area (Å²) in [5, 5.41) is 10.8. The van der Waals surface area contributed by atoms with E-state index in [2.05, 4.69) is 4.98 Å². The number of carboxylic acids is 1. The van der Waals surface area contributed by atoms with Gasteiger partial charge in [-0.1, -0.05) is 47.5 Å². The fraction of sp³-hybridized carbons (Fsp3) is 0.111. The minimum atomic E-state index is -1.07. The summed E-state index contributed by atoms with van der Waals surface area (Å²) in [6, 6.07) is 12.1. The third kappa shape index (κ3) is 3.03. The van der Waals surface area contributed by atoms with Gasteiger partial charge in [-0.05, 0) is 23.8 Å². The molecule has 2 N–H and O–H groups in total. The number of hydrogen-bond acceptors (Lipinski definition) is 2. The van der Waals surface area contributed by atoms with E-state index in [1.54, 1.807) is 24.4 Å². The molecule has 3 rings (SSSR count). The van der Waals surface area contributed by atoms with Crippen LogP contribution >= 0.6 is 23.2 Å². The molecule has 0 aliphatic carbocycles. The van der Waals surface area contributed by atoms with E-state index in [1.807, 2.05) is 24.3 Å². The number of Topliss-reactive ketones (excluding diaryl/α,β-unsaturated/α-hetero) is 1. The maximum atomic E-state index is 12.6. The third-order valence-electron chi connectivity index (χ3n) is 3.93. The predicted octanol–water partition coefficient (Wildman–Crippen LogP) is 4.92. The molecule has 0 amide bonds. The highest BCUT2D eigenvalue weighted by Crippen LogP contribution is 2.32. The van der Waals surface area contributed by atoms with Crippen LogP contribution in [0.15, 0.2) is 48.7 Å². The second-order valence-corrected chi connectivity index (χ2v) is 6.22. The molecule has 24 heavy (non-hydrogen) atoms. The van der Waals surface area contributed by atoms with Crippen molar-refractivity contribution in [3.8, 4) is 0 Å². The van der Waals surface area contributed by atoms with Crippen molar-refractivity contribution in [2.24, 2.45) is 0 Å². The Balaban J connectivity index is 1.98. The zero-order valence-electron chi connectivity index (χ0n) is 12.4. The number of carbonyl (C=O) groups is 2. The van der Waals surface area contributed by atoms with Crippen LogP contribution < -0.4 is 0 Å². The number of ketones is 1. The Morgan fingerprint density at radius 2 is 1.71 bits per heavy atom. The first-order chi connectivity index (χ1) is 11.5. The first-order valence-corrected chi connectivity index (χ1v) is 8.00. The van der Waals surface area contributed by atoms with Crippen molar-refractivity contribution in [2.45, 2.75) is 12.3 Å². The highest BCUT2D eigenvalue weighted by atomic mass is 35.5. The standard InChI is InChI=1S/C18H13Cl2NO3/c19-13-5-3-6-14(20)17(13)16(22)8-11(18(23)24)12-9-21-15-7-2-1-4-10(12)15/h1-7,9,11,21H,8H2,(H,23,24). The largest absolute Gasteiger partial charge is 0.481 e. The second-order valence-electron chi connectivity index (χ2n) is 5.40. The Morgan fingerprint density at radius 3 is 2.38 bits per heavy atom. The van der Waals surface area contributed by atoms with E-state index in [0.29, 0.717) is 5.56 Å². The fourth-order valence-electron chi connectivity index (χ4n) is 2.76. The summed E-state index contributed by atoms with van der Waals surface area (Å²) in [6.45, 7) is 0. The van der Waals surface area contributed by atoms with E-state index in [4.69, 9.17) is 23.2 Å². The van der Waals surface area contributed by atoms with Crippen molar-refractivity contribution in [1.82, 2.24) is 4.98 Å². The molecule has 1 unspecified atom stereocenters. The summed E-state index contributed by atoms with van der Waals surface area (Å²) in [5.74, 6) is -2.46. The van der Waals surface area contributed by atoms with Crippen molar-refractivity contribution in [3.05, 3.63) is 69.8 Å². The average molecular weight is 362 g/mol. The molecule has 0 fully saturated rings. The number of hydrogen-bond donors (Lipinski definition) is 2. The summed E-state index contributed by atoms with van der Waals surface area (Å²) in [4.78, 5) is 27.4. The van der Waals surface area contributed by atoms with E-state index in [-0.39, 0.29) is 22.0 Å². The summed E-state index contributed by atoms with van der Waals surface area (Å²) in [5.41, 5.74) is 1.54. The van der Waals surface area contributed by atoms with Gasteiger partial charge in [-0.25, -0.2) is 0 Å². The highest BCUT2D eigenvalue weighted by Gasteiger charge is 2.28. The molecule has 1 heterocycles. The van der Waals surface area contributed by atoms with E-state index >= 15 is 0 Å². The fourth-order valence-corrected chi connectivity index (χ4v) is 3.37. The van der Waals surface area contributed by atoms with Crippen molar-refractivity contribution < 1.29 is 14.7 Å². The number of aliphatic carboxylic acids is 1. The van der Waals surface area contributed by atoms with E-state index in [1.165, 1.54) is 0 Å². The molecule has 2 aromatic carbocycles. The van der Waals surface area contributed by atoms with Gasteiger partial charge < -0.3 is 10.1 Å². The van der Waals surface area contributed by atoms with Gasteiger partial charge in [0.1, 0.15) is 0 Å². The summed E-state index contributed by atoms with van der Waals surface area (Å²) in [6.07, 6.45) is 1.41. The first-order valence-electron chi connectivity index (χ1n) is 7.25. The van der Waals surface area contributed by atoms with Crippen molar-refractivity contribution in [2.75, 3.05) is 0 Å². The molecule has 0 radical (unpaired) electrons. The second kappa shape index (κ2) is 6.67. The lowest BCUT2D eigenvalue weighted by Gasteiger charge is -2.12. The summed E-state index contributed by atoms with van der Waals surface area (Å²) in [7, 11) is 0. The number of aromatic nitrogens is 1. The normalized spacial score (nSPS) is 12.2. The Labute approximate surface area is 148 Å². The number of rotatable bonds is 5. The minimum Gasteiger partial charge on any atom is -0.481 e. The number of halogens is 2. The van der Waals surface area contributed by atoms with Crippen LogP contribution in [-0.4, -0.2) is 21.8 Å². The van der Waals surface area contributed by atoms with Gasteiger partial charge in [-0.2, -0.15) is 0 Å². The Kier molecular flexibility index (Phi) is 4.60. The molecule has 0 bridgehead atoms. The van der Waals surface area contributed by atoms with Crippen LogP contribution in [0.2, 0.25) is 10.0 Å². The molecule has 1 atom stereocenters. The molecule has 122 valence electrons. The van der Waals surface area contributed by atoms with Gasteiger partial charge in [0.2, 0.25) is 0 Å². The SMILES string of the molecule is O=C(CC(C(=O)O)c1c[nH]c2ccccc12)c1c(Cl)cccc1Cl. The van der Waals surface area contributed by atoms with Crippen LogP contribution in [0.4, 0.5) is 0 Å². The smallest absolute Gasteiger partial charge is 0.311 e. The van der Waals surface area contributed by atoms with Gasteiger partial charge in [0.25, 0.3) is 0 Å². The Morgan fingerprint density at radius 1 is 1.04 bits per heavy atom. The summed E-state index contributed by atoms with van der Waals surface area (Å²) < 4.78 is 0. The maximum Gasteiger partial charge on any atom is 0.311 e. The first kappa shape index (κ1) is 16.6. The number of benzene rings is 2. The van der Waals surface area contributed by atoms with Gasteiger partial charge in [0.15, 0.2) is 5.78 Å². The molecule has 0 saturated carbocycles. The topological polar surface area (TPSA) is 70.2 Å². The quantitative estimate of drug-likeness (QED) is 0.633. The monoisotopic (exact) mass is 361 g/mol. The van der Waals surface area contributed by atoms with Crippen molar-refractivity contribution in [1.29, 1.82) is 0 Å². The van der Waals surface area contributed by atoms with Crippen LogP contribution in [0.3, 0.4) is 0 Å². The Bertz CT molecular complexity index is 913. The van der Waals surface area contributed by atoms with Gasteiger partial charge >= 0.3 is 5.97 Å². The van der Waals surface area contributed by atoms with Crippen LogP contribution in [0.25, 0.3) is 10.9 Å². The lowest BCUT2D eigenvalue weighted by Crippen LogP contribution is -2.16. The van der Waals surface area contributed by atoms with Crippen molar-refractivity contribution >= 4 is 45.9 Å². The van der Waals surface area contributed by atoms with E-state index in [0.717, 1.165) is 10.9 Å². The highest BCUT2D eigenvalue weighted by molar-refractivity contribution is 6.39. The average Bonchev–Trinajstić information content (AvgIpc) is 2.96. The lowest BCUT2D eigenvalue weighted by atomic mass is 9.91. The van der Waals surface area contributed by atoms with Crippen LogP contribution in [0, 0.1) is 0 Å². The number of nitrogens with one attached hydrogen (secondary N) is 1. The molecule has 6 heteroatoms. The van der Waals surface area contributed by atoms with Gasteiger partial charge in [0, 0.05) is 23.5 Å². The van der Waals surface area contributed by atoms with Gasteiger partial charge in [-0.3, -0.25) is 9.59 Å². The van der Waals surface area contributed by atoms with Gasteiger partial charge in [-0.15, -0.1) is 0 Å². The number of H-pyrrole nitrogens is 1. The number of aromatic amines is 1. The number of para-hydroxylation sites is 1. The number of fused-ring (bicyclic) bond motifs is 1. The number of carbonyl (C=O) groups excluding carboxylic acids is 1. The number of carboxylic acid groups (broad SMARTS) is 1. The minimum absolute atomic E-state index is 0.159. The van der Waals surface area contributed by atoms with E-state index < -0.39 is 17.7 Å². The zero-order chi connectivity index (χ0) is 17.3. The lowest BCUT2D eigenvalue weighted by molar-refractivity contribution is -0.138. The molecular weight excluding hydrogens is 349 g/mol. The molecule has 3 aromatic rings. The predicted molar refractivity (Wildman–Crippen MR) is 94.1 cm³/mol. The van der Waals surface area contributed by atoms with E-state index in [9.17, 15) is 14.7 Å². The van der Waals surface area contributed by atoms with Crippen LogP contribution in [0.1, 0.15) is 28.3 Å². The molecular formula is C18H13Cl2NO3. The molecule has 1 aromatic heterocycles. The zero-order valence-corrected chi connectivity index (χ0v) is 13.9.